The molecular formula is C21H19N5OS2. The van der Waals surface area contributed by atoms with Crippen molar-refractivity contribution in [3.63, 3.8) is 0 Å². The van der Waals surface area contributed by atoms with E-state index in [0.717, 1.165) is 34.4 Å². The average molecular weight is 422 g/mol. The summed E-state index contributed by atoms with van der Waals surface area (Å²) < 4.78 is 13.9. The Morgan fingerprint density at radius 2 is 1.93 bits per heavy atom. The van der Waals surface area contributed by atoms with E-state index >= 15 is 0 Å². The molecule has 1 unspecified atom stereocenters. The first-order chi connectivity index (χ1) is 14.2. The molecule has 0 radical (unpaired) electrons. The Morgan fingerprint density at radius 1 is 1.10 bits per heavy atom. The third kappa shape index (κ3) is 3.42. The van der Waals surface area contributed by atoms with Crippen LogP contribution in [-0.2, 0) is 23.6 Å². The largest absolute Gasteiger partial charge is 0.257 e. The summed E-state index contributed by atoms with van der Waals surface area (Å²) in [5.74, 6) is 1.34. The summed E-state index contributed by atoms with van der Waals surface area (Å²) in [4.78, 5) is 12.0. The summed E-state index contributed by atoms with van der Waals surface area (Å²) in [5.41, 5.74) is 2.41. The van der Waals surface area contributed by atoms with Crippen molar-refractivity contribution in [1.29, 1.82) is 0 Å². The van der Waals surface area contributed by atoms with Crippen LogP contribution < -0.4 is 0 Å². The summed E-state index contributed by atoms with van der Waals surface area (Å²) >= 11 is 1.75. The van der Waals surface area contributed by atoms with Crippen LogP contribution in [0.3, 0.4) is 0 Å². The van der Waals surface area contributed by atoms with Crippen molar-refractivity contribution in [3.05, 3.63) is 58.5 Å². The van der Waals surface area contributed by atoms with Gasteiger partial charge in [0.1, 0.15) is 11.2 Å². The highest BCUT2D eigenvalue weighted by atomic mass is 32.2. The van der Waals surface area contributed by atoms with Gasteiger partial charge in [-0.05, 0) is 42.9 Å². The second-order valence-corrected chi connectivity index (χ2v) is 9.34. The van der Waals surface area contributed by atoms with Gasteiger partial charge in [-0.15, -0.1) is 21.5 Å². The van der Waals surface area contributed by atoms with Crippen molar-refractivity contribution in [2.24, 2.45) is 0 Å². The molecule has 29 heavy (non-hydrogen) atoms. The Hall–Kier alpha value is -2.71. The first-order valence-corrected chi connectivity index (χ1v) is 11.9. The van der Waals surface area contributed by atoms with Crippen molar-refractivity contribution < 1.29 is 4.21 Å². The van der Waals surface area contributed by atoms with Crippen LogP contribution in [0.2, 0.25) is 0 Å². The summed E-state index contributed by atoms with van der Waals surface area (Å²) in [5, 5.41) is 9.50. The van der Waals surface area contributed by atoms with Crippen LogP contribution in [0.15, 0.2) is 41.8 Å². The number of nitrogens with zero attached hydrogens (tertiary/aromatic N) is 5. The molecule has 0 aliphatic heterocycles. The molecule has 1 atom stereocenters. The summed E-state index contributed by atoms with van der Waals surface area (Å²) in [7, 11) is -1.27. The van der Waals surface area contributed by atoms with Gasteiger partial charge in [0.25, 0.3) is 0 Å². The van der Waals surface area contributed by atoms with E-state index in [9.17, 15) is 4.21 Å². The Kier molecular flexibility index (Phi) is 4.81. The van der Waals surface area contributed by atoms with Crippen LogP contribution in [0.5, 0.6) is 0 Å². The Labute approximate surface area is 174 Å². The van der Waals surface area contributed by atoms with Gasteiger partial charge in [-0.25, -0.2) is 9.97 Å². The smallest absolute Gasteiger partial charge is 0.226 e. The Balaban J connectivity index is 1.72. The first kappa shape index (κ1) is 18.3. The minimum Gasteiger partial charge on any atom is -0.257 e. The molecule has 0 bridgehead atoms. The fourth-order valence-electron chi connectivity index (χ4n) is 3.70. The van der Waals surface area contributed by atoms with Crippen molar-refractivity contribution >= 4 is 44.5 Å². The molecule has 5 rings (SSSR count). The summed E-state index contributed by atoms with van der Waals surface area (Å²) in [6.07, 6.45) is 11.6. The van der Waals surface area contributed by atoms with Gasteiger partial charge in [-0.3, -0.25) is 8.78 Å². The number of aryl methyl sites for hydroxylation is 2. The standard InChI is InChI=1S/C21H19N5OS2/c1-29(27)21-25-22-13-26(21)19-18-15-9-5-6-10-16(15)28-20(18)24-17(23-19)12-11-14-7-3-2-4-8-14/h2-4,7-8,11-13H,5-6,9-10H2,1H3/b12-11+. The highest BCUT2D eigenvalue weighted by molar-refractivity contribution is 7.84. The van der Waals surface area contributed by atoms with Gasteiger partial charge in [0.15, 0.2) is 11.6 Å². The lowest BCUT2D eigenvalue weighted by molar-refractivity contribution is 0.674. The molecule has 0 fully saturated rings. The third-order valence-corrected chi connectivity index (χ3v) is 7.02. The SMILES string of the molecule is CS(=O)c1nncn1-c1nc(/C=C/c2ccccc2)nc2sc3c(c12)CCCC3. The molecule has 3 aromatic heterocycles. The zero-order chi connectivity index (χ0) is 19.8. The molecule has 3 heterocycles. The number of hydrogen-bond donors (Lipinski definition) is 0. The van der Waals surface area contributed by atoms with E-state index in [1.165, 1.54) is 23.3 Å². The van der Waals surface area contributed by atoms with E-state index in [0.29, 0.717) is 11.0 Å². The molecule has 0 amide bonds. The van der Waals surface area contributed by atoms with Gasteiger partial charge in [-0.2, -0.15) is 0 Å². The molecule has 1 aromatic carbocycles. The minimum atomic E-state index is -1.27. The van der Waals surface area contributed by atoms with Crippen molar-refractivity contribution in [3.8, 4) is 5.82 Å². The third-order valence-electron chi connectivity index (χ3n) is 5.04. The van der Waals surface area contributed by atoms with Crippen molar-refractivity contribution in [2.75, 3.05) is 6.26 Å². The van der Waals surface area contributed by atoms with Crippen LogP contribution in [0.25, 0.3) is 28.2 Å². The molecule has 0 saturated heterocycles. The number of thiophene rings is 1. The molecule has 4 aromatic rings. The molecule has 0 saturated carbocycles. The van der Waals surface area contributed by atoms with Crippen LogP contribution in [0.4, 0.5) is 0 Å². The van der Waals surface area contributed by atoms with Gasteiger partial charge in [0, 0.05) is 11.1 Å². The average Bonchev–Trinajstić information content (AvgIpc) is 3.37. The molecule has 146 valence electrons. The van der Waals surface area contributed by atoms with E-state index in [-0.39, 0.29) is 0 Å². The number of benzene rings is 1. The van der Waals surface area contributed by atoms with Gasteiger partial charge in [-0.1, -0.05) is 36.4 Å². The molecule has 6 nitrogen and oxygen atoms in total. The zero-order valence-electron chi connectivity index (χ0n) is 15.9. The second kappa shape index (κ2) is 7.61. The number of fused-ring (bicyclic) bond motifs is 3. The maximum Gasteiger partial charge on any atom is 0.226 e. The maximum atomic E-state index is 12.2. The topological polar surface area (TPSA) is 73.6 Å². The summed E-state index contributed by atoms with van der Waals surface area (Å²) in [6, 6.07) is 10.1. The molecule has 0 spiro atoms. The van der Waals surface area contributed by atoms with Crippen LogP contribution in [0, 0.1) is 0 Å². The van der Waals surface area contributed by atoms with E-state index < -0.39 is 10.8 Å². The fraction of sp³-hybridized carbons (Fsp3) is 0.238. The highest BCUT2D eigenvalue weighted by Crippen LogP contribution is 2.38. The quantitative estimate of drug-likeness (QED) is 0.497. The molecule has 1 aliphatic carbocycles. The van der Waals surface area contributed by atoms with E-state index in [2.05, 4.69) is 10.2 Å². The van der Waals surface area contributed by atoms with Crippen LogP contribution in [0.1, 0.15) is 34.7 Å². The molecule has 0 N–H and O–H groups in total. The predicted molar refractivity (Wildman–Crippen MR) is 117 cm³/mol. The maximum absolute atomic E-state index is 12.2. The Morgan fingerprint density at radius 3 is 2.76 bits per heavy atom. The highest BCUT2D eigenvalue weighted by Gasteiger charge is 2.23. The monoisotopic (exact) mass is 421 g/mol. The van der Waals surface area contributed by atoms with Gasteiger partial charge >= 0.3 is 0 Å². The van der Waals surface area contributed by atoms with E-state index in [4.69, 9.17) is 9.97 Å². The van der Waals surface area contributed by atoms with Crippen LogP contribution >= 0.6 is 11.3 Å². The molecule has 1 aliphatic rings. The van der Waals surface area contributed by atoms with Gasteiger partial charge < -0.3 is 0 Å². The van der Waals surface area contributed by atoms with Gasteiger partial charge in [0.2, 0.25) is 5.16 Å². The zero-order valence-corrected chi connectivity index (χ0v) is 17.5. The number of rotatable bonds is 4. The normalized spacial score (nSPS) is 15.1. The first-order valence-electron chi connectivity index (χ1n) is 9.50. The fourth-order valence-corrected chi connectivity index (χ4v) is 5.54. The lowest BCUT2D eigenvalue weighted by Crippen LogP contribution is -2.07. The Bertz CT molecular complexity index is 1240. The summed E-state index contributed by atoms with van der Waals surface area (Å²) in [6.45, 7) is 0. The van der Waals surface area contributed by atoms with Crippen molar-refractivity contribution in [2.45, 2.75) is 30.8 Å². The van der Waals surface area contributed by atoms with E-state index in [1.54, 1.807) is 28.5 Å². The molecular weight excluding hydrogens is 402 g/mol. The minimum absolute atomic E-state index is 0.402. The lowest BCUT2D eigenvalue weighted by atomic mass is 9.97. The molecule has 8 heteroatoms. The second-order valence-electron chi connectivity index (χ2n) is 6.98. The number of hydrogen-bond acceptors (Lipinski definition) is 6. The van der Waals surface area contributed by atoms with Crippen molar-refractivity contribution in [1.82, 2.24) is 24.7 Å². The van der Waals surface area contributed by atoms with Gasteiger partial charge in [0.05, 0.1) is 16.2 Å². The number of aromatic nitrogens is 5. The lowest BCUT2D eigenvalue weighted by Gasteiger charge is -2.12. The van der Waals surface area contributed by atoms with E-state index in [1.807, 2.05) is 42.5 Å². The predicted octanol–water partition coefficient (Wildman–Crippen LogP) is 4.06. The van der Waals surface area contributed by atoms with Crippen LogP contribution in [-0.4, -0.2) is 35.2 Å².